The largest absolute Gasteiger partial charge is 0.464 e. The first kappa shape index (κ1) is 13.3. The summed E-state index contributed by atoms with van der Waals surface area (Å²) < 4.78 is 4.63. The second kappa shape index (κ2) is 6.69. The van der Waals surface area contributed by atoms with Crippen LogP contribution in [0.25, 0.3) is 0 Å². The van der Waals surface area contributed by atoms with Crippen molar-refractivity contribution in [3.8, 4) is 0 Å². The van der Waals surface area contributed by atoms with E-state index in [1.807, 2.05) is 6.07 Å². The molecule has 0 bridgehead atoms. The highest BCUT2D eigenvalue weighted by molar-refractivity contribution is 5.87. The first-order chi connectivity index (χ1) is 9.29. The number of esters is 1. The number of aromatic nitrogens is 4. The Hall–Kier alpha value is -2.15. The molecule has 3 N–H and O–H groups in total. The average Bonchev–Trinajstić information content (AvgIpc) is 3.08. The lowest BCUT2D eigenvalue weighted by atomic mass is 10.3. The van der Waals surface area contributed by atoms with Gasteiger partial charge in [0.15, 0.2) is 0 Å². The number of hydrogen-bond donors (Lipinski definition) is 3. The molecule has 0 unspecified atom stereocenters. The van der Waals surface area contributed by atoms with Gasteiger partial charge in [-0.15, -0.1) is 0 Å². The molecule has 0 spiro atoms. The van der Waals surface area contributed by atoms with E-state index in [-0.39, 0.29) is 5.97 Å². The van der Waals surface area contributed by atoms with Crippen molar-refractivity contribution in [1.29, 1.82) is 0 Å². The van der Waals surface area contributed by atoms with Crippen LogP contribution in [-0.2, 0) is 17.7 Å². The van der Waals surface area contributed by atoms with Gasteiger partial charge in [-0.05, 0) is 25.1 Å². The van der Waals surface area contributed by atoms with E-state index >= 15 is 0 Å². The van der Waals surface area contributed by atoms with Crippen molar-refractivity contribution >= 4 is 5.97 Å². The fourth-order valence-electron chi connectivity index (χ4n) is 1.73. The van der Waals surface area contributed by atoms with Crippen LogP contribution in [0, 0.1) is 0 Å². The minimum atomic E-state index is -0.350. The van der Waals surface area contributed by atoms with Gasteiger partial charge in [0.05, 0.1) is 7.11 Å². The molecule has 2 aromatic heterocycles. The summed E-state index contributed by atoms with van der Waals surface area (Å²) in [6.07, 6.45) is 3.35. The van der Waals surface area contributed by atoms with Crippen LogP contribution >= 0.6 is 0 Å². The first-order valence-corrected chi connectivity index (χ1v) is 6.11. The Morgan fingerprint density at radius 1 is 1.47 bits per heavy atom. The monoisotopic (exact) mass is 263 g/mol. The minimum Gasteiger partial charge on any atom is -0.464 e. The second-order valence-corrected chi connectivity index (χ2v) is 4.10. The predicted molar refractivity (Wildman–Crippen MR) is 68.5 cm³/mol. The van der Waals surface area contributed by atoms with Crippen LogP contribution in [0.2, 0.25) is 0 Å². The molecule has 0 atom stereocenters. The molecule has 0 saturated carbocycles. The number of carbonyl (C=O) groups is 1. The van der Waals surface area contributed by atoms with E-state index in [0.717, 1.165) is 30.9 Å². The summed E-state index contributed by atoms with van der Waals surface area (Å²) in [6, 6.07) is 3.59. The third-order valence-corrected chi connectivity index (χ3v) is 2.70. The van der Waals surface area contributed by atoms with E-state index < -0.39 is 0 Å². The van der Waals surface area contributed by atoms with E-state index in [4.69, 9.17) is 0 Å². The molecular formula is C12H17N5O2. The summed E-state index contributed by atoms with van der Waals surface area (Å²) in [5.41, 5.74) is 1.43. The molecule has 102 valence electrons. The molecule has 0 fully saturated rings. The molecule has 0 aliphatic heterocycles. The smallest absolute Gasteiger partial charge is 0.354 e. The number of hydrogen-bond acceptors (Lipinski definition) is 5. The molecule has 2 rings (SSSR count). The molecule has 2 heterocycles. The van der Waals surface area contributed by atoms with Crippen molar-refractivity contribution in [2.24, 2.45) is 0 Å². The quantitative estimate of drug-likeness (QED) is 0.503. The third kappa shape index (κ3) is 3.92. The van der Waals surface area contributed by atoms with Crippen LogP contribution in [0.1, 0.15) is 28.4 Å². The number of H-pyrrole nitrogens is 2. The molecule has 19 heavy (non-hydrogen) atoms. The van der Waals surface area contributed by atoms with Gasteiger partial charge in [-0.1, -0.05) is 0 Å². The molecule has 2 aromatic rings. The van der Waals surface area contributed by atoms with Gasteiger partial charge >= 0.3 is 5.97 Å². The Kier molecular flexibility index (Phi) is 4.68. The maximum Gasteiger partial charge on any atom is 0.354 e. The first-order valence-electron chi connectivity index (χ1n) is 6.11. The van der Waals surface area contributed by atoms with Gasteiger partial charge < -0.3 is 15.0 Å². The van der Waals surface area contributed by atoms with Gasteiger partial charge in [-0.2, -0.15) is 5.10 Å². The summed E-state index contributed by atoms with van der Waals surface area (Å²) in [5.74, 6) is 0.547. The molecular weight excluding hydrogens is 246 g/mol. The molecule has 0 aliphatic carbocycles. The Morgan fingerprint density at radius 2 is 2.37 bits per heavy atom. The van der Waals surface area contributed by atoms with Crippen LogP contribution in [-0.4, -0.2) is 39.8 Å². The zero-order chi connectivity index (χ0) is 13.5. The lowest BCUT2D eigenvalue weighted by Crippen LogP contribution is -2.16. The Labute approximate surface area is 110 Å². The summed E-state index contributed by atoms with van der Waals surface area (Å²) in [4.78, 5) is 18.3. The zero-order valence-electron chi connectivity index (χ0n) is 10.8. The third-order valence-electron chi connectivity index (χ3n) is 2.70. The Bertz CT molecular complexity index is 506. The number of aromatic amines is 2. The number of nitrogens with zero attached hydrogens (tertiary/aromatic N) is 2. The SMILES string of the molecule is COC(=O)c1ccc(CNCCCc2ncn[nH]2)[nH]1. The van der Waals surface area contributed by atoms with Crippen LogP contribution < -0.4 is 5.32 Å². The molecule has 0 aliphatic rings. The van der Waals surface area contributed by atoms with E-state index in [2.05, 4.69) is 30.2 Å². The summed E-state index contributed by atoms with van der Waals surface area (Å²) in [5, 5.41) is 9.90. The topological polar surface area (TPSA) is 95.7 Å². The zero-order valence-corrected chi connectivity index (χ0v) is 10.8. The van der Waals surface area contributed by atoms with Gasteiger partial charge in [0.1, 0.15) is 17.8 Å². The summed E-state index contributed by atoms with van der Waals surface area (Å²) >= 11 is 0. The molecule has 0 radical (unpaired) electrons. The van der Waals surface area contributed by atoms with Gasteiger partial charge in [-0.25, -0.2) is 9.78 Å². The number of carbonyl (C=O) groups excluding carboxylic acids is 1. The maximum atomic E-state index is 11.2. The number of methoxy groups -OCH3 is 1. The van der Waals surface area contributed by atoms with Crippen LogP contribution in [0.15, 0.2) is 18.5 Å². The van der Waals surface area contributed by atoms with Crippen LogP contribution in [0.3, 0.4) is 0 Å². The number of ether oxygens (including phenoxy) is 1. The second-order valence-electron chi connectivity index (χ2n) is 4.10. The summed E-state index contributed by atoms with van der Waals surface area (Å²) in [6.45, 7) is 1.56. The summed E-state index contributed by atoms with van der Waals surface area (Å²) in [7, 11) is 1.37. The number of aryl methyl sites for hydroxylation is 1. The average molecular weight is 263 g/mol. The van der Waals surface area contributed by atoms with Crippen molar-refractivity contribution in [2.75, 3.05) is 13.7 Å². The van der Waals surface area contributed by atoms with Gasteiger partial charge in [0.2, 0.25) is 0 Å². The molecule has 0 amide bonds. The van der Waals surface area contributed by atoms with E-state index in [1.165, 1.54) is 13.4 Å². The van der Waals surface area contributed by atoms with Crippen molar-refractivity contribution < 1.29 is 9.53 Å². The highest BCUT2D eigenvalue weighted by Gasteiger charge is 2.07. The molecule has 7 heteroatoms. The van der Waals surface area contributed by atoms with E-state index in [9.17, 15) is 4.79 Å². The van der Waals surface area contributed by atoms with Crippen molar-refractivity contribution in [3.63, 3.8) is 0 Å². The predicted octanol–water partition coefficient (Wildman–Crippen LogP) is 0.642. The highest BCUT2D eigenvalue weighted by Crippen LogP contribution is 2.03. The maximum absolute atomic E-state index is 11.2. The van der Waals surface area contributed by atoms with Crippen molar-refractivity contribution in [1.82, 2.24) is 25.5 Å². The van der Waals surface area contributed by atoms with E-state index in [1.54, 1.807) is 6.07 Å². The van der Waals surface area contributed by atoms with Gasteiger partial charge in [-0.3, -0.25) is 5.10 Å². The fraction of sp³-hybridized carbons (Fsp3) is 0.417. The van der Waals surface area contributed by atoms with Crippen LogP contribution in [0.5, 0.6) is 0 Å². The van der Waals surface area contributed by atoms with Crippen molar-refractivity contribution in [2.45, 2.75) is 19.4 Å². The lowest BCUT2D eigenvalue weighted by molar-refractivity contribution is 0.0594. The normalized spacial score (nSPS) is 10.6. The van der Waals surface area contributed by atoms with Gasteiger partial charge in [0.25, 0.3) is 0 Å². The van der Waals surface area contributed by atoms with Crippen LogP contribution in [0.4, 0.5) is 0 Å². The highest BCUT2D eigenvalue weighted by atomic mass is 16.5. The van der Waals surface area contributed by atoms with Gasteiger partial charge in [0, 0.05) is 18.7 Å². The molecule has 0 saturated heterocycles. The number of nitrogens with one attached hydrogen (secondary N) is 3. The Balaban J connectivity index is 1.65. The molecule has 7 nitrogen and oxygen atoms in total. The van der Waals surface area contributed by atoms with Crippen molar-refractivity contribution in [3.05, 3.63) is 35.7 Å². The fourth-order valence-corrected chi connectivity index (χ4v) is 1.73. The van der Waals surface area contributed by atoms with E-state index in [0.29, 0.717) is 12.2 Å². The standard InChI is InChI=1S/C12H17N5O2/c1-19-12(18)10-5-4-9(16-10)7-13-6-2-3-11-14-8-15-17-11/h4-5,8,13,16H,2-3,6-7H2,1H3,(H,14,15,17). The Morgan fingerprint density at radius 3 is 3.11 bits per heavy atom. The number of rotatable bonds is 7. The molecule has 0 aromatic carbocycles. The minimum absolute atomic E-state index is 0.350. The lowest BCUT2D eigenvalue weighted by Gasteiger charge is -2.02.